The van der Waals surface area contributed by atoms with Gasteiger partial charge in [0.1, 0.15) is 0 Å². The summed E-state index contributed by atoms with van der Waals surface area (Å²) in [5.74, 6) is -0.0653. The lowest BCUT2D eigenvalue weighted by atomic mass is 9.87. The molecular formula is C23H23N3O. The zero-order chi connectivity index (χ0) is 18.6. The number of pyridine rings is 1. The summed E-state index contributed by atoms with van der Waals surface area (Å²) in [6.07, 6.45) is 3.90. The Balaban J connectivity index is 1.89. The van der Waals surface area contributed by atoms with E-state index < -0.39 is 0 Å². The molecule has 0 saturated carbocycles. The van der Waals surface area contributed by atoms with E-state index in [0.717, 1.165) is 48.0 Å². The molecule has 1 saturated heterocycles. The molecule has 2 N–H and O–H groups in total. The van der Waals surface area contributed by atoms with Gasteiger partial charge in [-0.05, 0) is 55.3 Å². The van der Waals surface area contributed by atoms with E-state index in [-0.39, 0.29) is 5.91 Å². The Morgan fingerprint density at radius 1 is 0.963 bits per heavy atom. The highest BCUT2D eigenvalue weighted by Gasteiger charge is 2.17. The number of fused-ring (bicyclic) bond motifs is 1. The third-order valence-corrected chi connectivity index (χ3v) is 5.13. The number of nitrogens with one attached hydrogen (secondary N) is 2. The topological polar surface area (TPSA) is 54.0 Å². The van der Waals surface area contributed by atoms with Crippen molar-refractivity contribution >= 4 is 22.4 Å². The summed E-state index contributed by atoms with van der Waals surface area (Å²) in [4.78, 5) is 16.6. The largest absolute Gasteiger partial charge is 0.355 e. The Morgan fingerprint density at radius 2 is 1.67 bits per heavy atom. The monoisotopic (exact) mass is 357 g/mol. The molecule has 4 nitrogen and oxygen atoms in total. The van der Waals surface area contributed by atoms with Crippen molar-refractivity contribution in [2.24, 2.45) is 0 Å². The predicted octanol–water partition coefficient (Wildman–Crippen LogP) is 3.78. The molecule has 2 heterocycles. The van der Waals surface area contributed by atoms with E-state index in [9.17, 15) is 4.79 Å². The molecular weight excluding hydrogens is 334 g/mol. The van der Waals surface area contributed by atoms with Crippen molar-refractivity contribution in [3.8, 4) is 0 Å². The van der Waals surface area contributed by atoms with Gasteiger partial charge in [-0.1, -0.05) is 42.0 Å². The maximum absolute atomic E-state index is 11.9. The van der Waals surface area contributed by atoms with Gasteiger partial charge in [-0.25, -0.2) is 0 Å². The first-order chi connectivity index (χ1) is 13.3. The molecule has 1 aliphatic rings. The van der Waals surface area contributed by atoms with E-state index in [0.29, 0.717) is 5.56 Å². The minimum absolute atomic E-state index is 0.0653. The van der Waals surface area contributed by atoms with Crippen molar-refractivity contribution in [1.29, 1.82) is 0 Å². The second-order valence-electron chi connectivity index (χ2n) is 6.77. The zero-order valence-electron chi connectivity index (χ0n) is 15.5. The van der Waals surface area contributed by atoms with Gasteiger partial charge < -0.3 is 10.6 Å². The fourth-order valence-corrected chi connectivity index (χ4v) is 3.77. The third-order valence-electron chi connectivity index (χ3n) is 5.13. The number of para-hydroxylation sites is 1. The maximum atomic E-state index is 11.9. The van der Waals surface area contributed by atoms with Crippen LogP contribution in [-0.4, -0.2) is 31.0 Å². The van der Waals surface area contributed by atoms with Gasteiger partial charge in [0, 0.05) is 29.8 Å². The van der Waals surface area contributed by atoms with Crippen LogP contribution in [0.1, 0.15) is 34.3 Å². The summed E-state index contributed by atoms with van der Waals surface area (Å²) in [6, 6.07) is 18.3. The summed E-state index contributed by atoms with van der Waals surface area (Å²) in [5, 5.41) is 7.26. The number of benzene rings is 2. The van der Waals surface area contributed by atoms with Crippen LogP contribution in [0.15, 0.2) is 66.4 Å². The Kier molecular flexibility index (Phi) is 4.99. The number of hydrogen-bond donors (Lipinski definition) is 2. The molecule has 1 fully saturated rings. The zero-order valence-corrected chi connectivity index (χ0v) is 15.5. The molecule has 4 heteroatoms. The minimum Gasteiger partial charge on any atom is -0.355 e. The van der Waals surface area contributed by atoms with Crippen molar-refractivity contribution in [1.82, 2.24) is 15.6 Å². The van der Waals surface area contributed by atoms with Gasteiger partial charge in [0.15, 0.2) is 0 Å². The van der Waals surface area contributed by atoms with Crippen LogP contribution < -0.4 is 10.6 Å². The molecule has 0 atom stereocenters. The molecule has 3 aromatic rings. The van der Waals surface area contributed by atoms with Crippen molar-refractivity contribution in [2.75, 3.05) is 20.1 Å². The quantitative estimate of drug-likeness (QED) is 0.750. The molecule has 0 spiro atoms. The minimum atomic E-state index is -0.0653. The molecule has 1 amide bonds. The highest BCUT2D eigenvalue weighted by molar-refractivity contribution is 5.98. The van der Waals surface area contributed by atoms with Crippen LogP contribution in [0.2, 0.25) is 0 Å². The van der Waals surface area contributed by atoms with Crippen LogP contribution in [0, 0.1) is 0 Å². The first kappa shape index (κ1) is 17.4. The first-order valence-electron chi connectivity index (χ1n) is 9.37. The number of hydrogen-bond acceptors (Lipinski definition) is 3. The summed E-state index contributed by atoms with van der Waals surface area (Å²) >= 11 is 0. The molecule has 1 aliphatic heterocycles. The average molecular weight is 357 g/mol. The summed E-state index contributed by atoms with van der Waals surface area (Å²) in [7, 11) is 1.65. The number of carbonyl (C=O) groups excluding carboxylic acids is 1. The van der Waals surface area contributed by atoms with Gasteiger partial charge in [0.2, 0.25) is 0 Å². The van der Waals surface area contributed by atoms with Crippen LogP contribution >= 0.6 is 0 Å². The first-order valence-corrected chi connectivity index (χ1v) is 9.37. The molecule has 1 aromatic heterocycles. The van der Waals surface area contributed by atoms with E-state index >= 15 is 0 Å². The normalized spacial score (nSPS) is 14.2. The van der Waals surface area contributed by atoms with Gasteiger partial charge >= 0.3 is 0 Å². The fourth-order valence-electron chi connectivity index (χ4n) is 3.77. The highest BCUT2D eigenvalue weighted by atomic mass is 16.1. The van der Waals surface area contributed by atoms with E-state index in [4.69, 9.17) is 0 Å². The number of carbonyl (C=O) groups is 1. The number of nitrogens with zero attached hydrogens (tertiary/aromatic N) is 1. The molecule has 4 rings (SSSR count). The number of piperidine rings is 1. The van der Waals surface area contributed by atoms with Crippen molar-refractivity contribution < 1.29 is 4.79 Å². The number of amides is 1. The van der Waals surface area contributed by atoms with Crippen LogP contribution in [0.25, 0.3) is 16.5 Å². The van der Waals surface area contributed by atoms with Crippen molar-refractivity contribution in [3.05, 3.63) is 83.1 Å². The number of rotatable bonds is 3. The Morgan fingerprint density at radius 3 is 2.41 bits per heavy atom. The average Bonchev–Trinajstić information content (AvgIpc) is 2.75. The van der Waals surface area contributed by atoms with Crippen LogP contribution in [0.5, 0.6) is 0 Å². The van der Waals surface area contributed by atoms with E-state index in [1.807, 2.05) is 24.4 Å². The molecule has 0 aliphatic carbocycles. The smallest absolute Gasteiger partial charge is 0.251 e. The third kappa shape index (κ3) is 3.49. The SMILES string of the molecule is CNC(=O)c1ccc(C(=C2CCNCC2)c2cccc3cccnc23)cc1. The van der Waals surface area contributed by atoms with Crippen LogP contribution in [-0.2, 0) is 0 Å². The Labute approximate surface area is 159 Å². The maximum Gasteiger partial charge on any atom is 0.251 e. The standard InChI is InChI=1S/C23H23N3O/c1-24-23(27)19-9-7-16(8-10-19)21(17-11-14-25-15-12-17)20-6-2-4-18-5-3-13-26-22(18)20/h2-10,13,25H,11-12,14-15H2,1H3,(H,24,27). The lowest BCUT2D eigenvalue weighted by Crippen LogP contribution is -2.24. The molecule has 0 bridgehead atoms. The van der Waals surface area contributed by atoms with E-state index in [1.54, 1.807) is 7.05 Å². The van der Waals surface area contributed by atoms with Gasteiger partial charge in [-0.2, -0.15) is 0 Å². The summed E-state index contributed by atoms with van der Waals surface area (Å²) in [5.41, 5.74) is 6.70. The van der Waals surface area contributed by atoms with Crippen molar-refractivity contribution in [3.63, 3.8) is 0 Å². The molecule has 0 unspecified atom stereocenters. The summed E-state index contributed by atoms with van der Waals surface area (Å²) < 4.78 is 0. The Hall–Kier alpha value is -2.98. The highest BCUT2D eigenvalue weighted by Crippen LogP contribution is 2.34. The van der Waals surface area contributed by atoms with Gasteiger partial charge in [-0.15, -0.1) is 0 Å². The molecule has 0 radical (unpaired) electrons. The lowest BCUT2D eigenvalue weighted by molar-refractivity contribution is 0.0963. The molecule has 27 heavy (non-hydrogen) atoms. The van der Waals surface area contributed by atoms with Crippen molar-refractivity contribution in [2.45, 2.75) is 12.8 Å². The molecule has 136 valence electrons. The lowest BCUT2D eigenvalue weighted by Gasteiger charge is -2.22. The van der Waals surface area contributed by atoms with Gasteiger partial charge in [0.25, 0.3) is 5.91 Å². The van der Waals surface area contributed by atoms with E-state index in [1.165, 1.54) is 11.1 Å². The molecule has 2 aromatic carbocycles. The second kappa shape index (κ2) is 7.72. The van der Waals surface area contributed by atoms with Gasteiger partial charge in [-0.3, -0.25) is 9.78 Å². The Bertz CT molecular complexity index is 992. The second-order valence-corrected chi connectivity index (χ2v) is 6.77. The van der Waals surface area contributed by atoms with Gasteiger partial charge in [0.05, 0.1) is 5.52 Å². The fraction of sp³-hybridized carbons (Fsp3) is 0.217. The predicted molar refractivity (Wildman–Crippen MR) is 110 cm³/mol. The summed E-state index contributed by atoms with van der Waals surface area (Å²) in [6.45, 7) is 1.99. The van der Waals surface area contributed by atoms with Crippen LogP contribution in [0.4, 0.5) is 0 Å². The number of aromatic nitrogens is 1. The van der Waals surface area contributed by atoms with E-state index in [2.05, 4.69) is 52.0 Å². The van der Waals surface area contributed by atoms with Crippen LogP contribution in [0.3, 0.4) is 0 Å².